The highest BCUT2D eigenvalue weighted by molar-refractivity contribution is 6.31. The van der Waals surface area contributed by atoms with E-state index in [1.54, 1.807) is 22.5 Å². The summed E-state index contributed by atoms with van der Waals surface area (Å²) in [5.41, 5.74) is 2.27. The van der Waals surface area contributed by atoms with Gasteiger partial charge in [0, 0.05) is 18.7 Å². The SMILES string of the molecule is O=C(NO)c1cccc2c1C[C@@]1(CCN(Cc3ccc(Cl)c(C(F)(F)F)c3)C1=O)C2. The molecule has 1 heterocycles. The van der Waals surface area contributed by atoms with Crippen LogP contribution in [-0.2, 0) is 30.4 Å². The fourth-order valence-corrected chi connectivity index (χ4v) is 4.75. The van der Waals surface area contributed by atoms with Crippen LogP contribution in [0.2, 0.25) is 5.02 Å². The second kappa shape index (κ2) is 7.28. The van der Waals surface area contributed by atoms with Gasteiger partial charge in [-0.2, -0.15) is 13.2 Å². The van der Waals surface area contributed by atoms with E-state index in [-0.39, 0.29) is 17.5 Å². The number of fused-ring (bicyclic) bond motifs is 1. The number of benzene rings is 2. The monoisotopic (exact) mass is 438 g/mol. The quantitative estimate of drug-likeness (QED) is 0.562. The number of nitrogens with zero attached hydrogens (tertiary/aromatic N) is 1. The highest BCUT2D eigenvalue weighted by atomic mass is 35.5. The number of halogens is 4. The third-order valence-corrected chi connectivity index (χ3v) is 6.30. The molecular formula is C21H18ClF3N2O3. The van der Waals surface area contributed by atoms with Crippen molar-refractivity contribution in [3.8, 4) is 0 Å². The summed E-state index contributed by atoms with van der Waals surface area (Å²) in [4.78, 5) is 26.7. The number of hydrogen-bond acceptors (Lipinski definition) is 3. The highest BCUT2D eigenvalue weighted by Crippen LogP contribution is 2.46. The van der Waals surface area contributed by atoms with Gasteiger partial charge in [0.2, 0.25) is 5.91 Å². The van der Waals surface area contributed by atoms with Gasteiger partial charge in [-0.15, -0.1) is 0 Å². The number of amides is 2. The van der Waals surface area contributed by atoms with Crippen LogP contribution in [0.25, 0.3) is 0 Å². The van der Waals surface area contributed by atoms with Gasteiger partial charge in [0.25, 0.3) is 5.91 Å². The predicted octanol–water partition coefficient (Wildman–Crippen LogP) is 4.00. The summed E-state index contributed by atoms with van der Waals surface area (Å²) < 4.78 is 39.4. The van der Waals surface area contributed by atoms with E-state index in [1.165, 1.54) is 12.1 Å². The van der Waals surface area contributed by atoms with Crippen LogP contribution in [0.4, 0.5) is 13.2 Å². The summed E-state index contributed by atoms with van der Waals surface area (Å²) in [6, 6.07) is 8.81. The van der Waals surface area contributed by atoms with Gasteiger partial charge in [-0.05, 0) is 54.2 Å². The third kappa shape index (κ3) is 3.44. The van der Waals surface area contributed by atoms with Gasteiger partial charge >= 0.3 is 6.18 Å². The fraction of sp³-hybridized carbons (Fsp3) is 0.333. The number of nitrogens with one attached hydrogen (secondary N) is 1. The van der Waals surface area contributed by atoms with Gasteiger partial charge in [-0.25, -0.2) is 5.48 Å². The zero-order chi connectivity index (χ0) is 21.7. The van der Waals surface area contributed by atoms with E-state index in [4.69, 9.17) is 16.8 Å². The molecule has 0 aromatic heterocycles. The first kappa shape index (κ1) is 20.7. The predicted molar refractivity (Wildman–Crippen MR) is 102 cm³/mol. The van der Waals surface area contributed by atoms with Crippen molar-refractivity contribution in [2.45, 2.75) is 32.0 Å². The molecule has 1 fully saturated rings. The Morgan fingerprint density at radius 1 is 1.23 bits per heavy atom. The number of likely N-dealkylation sites (tertiary alicyclic amines) is 1. The lowest BCUT2D eigenvalue weighted by atomic mass is 9.83. The molecule has 2 aliphatic rings. The molecule has 1 spiro atoms. The van der Waals surface area contributed by atoms with E-state index in [2.05, 4.69) is 0 Å². The maximum Gasteiger partial charge on any atom is 0.417 e. The Hall–Kier alpha value is -2.58. The Morgan fingerprint density at radius 3 is 2.70 bits per heavy atom. The smallest absolute Gasteiger partial charge is 0.338 e. The molecule has 5 nitrogen and oxygen atoms in total. The first-order chi connectivity index (χ1) is 14.1. The summed E-state index contributed by atoms with van der Waals surface area (Å²) in [5.74, 6) is -0.774. The first-order valence-electron chi connectivity index (χ1n) is 9.35. The molecule has 1 atom stereocenters. The normalized spacial score (nSPS) is 20.7. The van der Waals surface area contributed by atoms with E-state index in [0.29, 0.717) is 36.9 Å². The molecule has 0 saturated carbocycles. The number of carbonyl (C=O) groups excluding carboxylic acids is 2. The summed E-state index contributed by atoms with van der Waals surface area (Å²) in [5, 5.41) is 8.59. The Labute approximate surface area is 175 Å². The molecule has 158 valence electrons. The molecule has 1 aliphatic heterocycles. The highest BCUT2D eigenvalue weighted by Gasteiger charge is 2.50. The Balaban J connectivity index is 1.56. The van der Waals surface area contributed by atoms with Crippen molar-refractivity contribution in [3.05, 3.63) is 69.2 Å². The van der Waals surface area contributed by atoms with E-state index in [1.807, 2.05) is 6.07 Å². The lowest BCUT2D eigenvalue weighted by Crippen LogP contribution is -2.35. The maximum atomic E-state index is 13.2. The van der Waals surface area contributed by atoms with Crippen molar-refractivity contribution in [2.75, 3.05) is 6.54 Å². The molecule has 2 aromatic rings. The van der Waals surface area contributed by atoms with Gasteiger partial charge < -0.3 is 4.90 Å². The van der Waals surface area contributed by atoms with Gasteiger partial charge in [-0.1, -0.05) is 29.8 Å². The lowest BCUT2D eigenvalue weighted by Gasteiger charge is -2.23. The average Bonchev–Trinajstić information content (AvgIpc) is 3.22. The summed E-state index contributed by atoms with van der Waals surface area (Å²) in [6.45, 7) is 0.472. The zero-order valence-electron chi connectivity index (χ0n) is 15.7. The first-order valence-corrected chi connectivity index (χ1v) is 9.73. The van der Waals surface area contributed by atoms with E-state index < -0.39 is 23.1 Å². The molecule has 2 N–H and O–H groups in total. The Bertz CT molecular complexity index is 1040. The van der Waals surface area contributed by atoms with Gasteiger partial charge in [0.15, 0.2) is 0 Å². The zero-order valence-corrected chi connectivity index (χ0v) is 16.5. The van der Waals surface area contributed by atoms with Crippen LogP contribution in [0.15, 0.2) is 36.4 Å². The minimum absolute atomic E-state index is 0.0567. The topological polar surface area (TPSA) is 69.6 Å². The molecular weight excluding hydrogens is 421 g/mol. The number of hydrogen-bond donors (Lipinski definition) is 2. The molecule has 2 amide bonds. The Morgan fingerprint density at radius 2 is 2.00 bits per heavy atom. The fourth-order valence-electron chi connectivity index (χ4n) is 4.53. The minimum Gasteiger partial charge on any atom is -0.338 e. The summed E-state index contributed by atoms with van der Waals surface area (Å²) in [6.07, 6.45) is -3.21. The molecule has 0 unspecified atom stereocenters. The third-order valence-electron chi connectivity index (χ3n) is 5.97. The molecule has 0 bridgehead atoms. The summed E-state index contributed by atoms with van der Waals surface area (Å²) in [7, 11) is 0. The standard InChI is InChI=1S/C21H18ClF3N2O3/c22-17-5-4-12(8-16(17)21(23,24)25)11-27-7-6-20(19(27)29)9-13-2-1-3-14(15(13)10-20)18(28)26-30/h1-5,8,30H,6-7,9-11H2,(H,26,28)/t20-/m1/s1. The van der Waals surface area contributed by atoms with Gasteiger partial charge in [-0.3, -0.25) is 14.8 Å². The minimum atomic E-state index is -4.57. The molecule has 1 saturated heterocycles. The molecule has 9 heteroatoms. The summed E-state index contributed by atoms with van der Waals surface area (Å²) >= 11 is 5.68. The maximum absolute atomic E-state index is 13.2. The van der Waals surface area contributed by atoms with Crippen molar-refractivity contribution in [3.63, 3.8) is 0 Å². The largest absolute Gasteiger partial charge is 0.417 e. The van der Waals surface area contributed by atoms with Crippen LogP contribution in [0.1, 0.15) is 39.0 Å². The average molecular weight is 439 g/mol. The van der Waals surface area contributed by atoms with E-state index >= 15 is 0 Å². The van der Waals surface area contributed by atoms with Crippen LogP contribution >= 0.6 is 11.6 Å². The number of hydroxylamine groups is 1. The van der Waals surface area contributed by atoms with Crippen LogP contribution in [0.3, 0.4) is 0 Å². The van der Waals surface area contributed by atoms with Crippen LogP contribution < -0.4 is 5.48 Å². The molecule has 0 radical (unpaired) electrons. The Kier molecular flexibility index (Phi) is 5.02. The van der Waals surface area contributed by atoms with E-state index in [9.17, 15) is 22.8 Å². The number of alkyl halides is 3. The lowest BCUT2D eigenvalue weighted by molar-refractivity contribution is -0.137. The van der Waals surface area contributed by atoms with Crippen LogP contribution in [0, 0.1) is 5.41 Å². The van der Waals surface area contributed by atoms with Crippen molar-refractivity contribution in [1.82, 2.24) is 10.4 Å². The number of carbonyl (C=O) groups is 2. The molecule has 1 aliphatic carbocycles. The van der Waals surface area contributed by atoms with Gasteiger partial charge in [0.05, 0.1) is 16.0 Å². The van der Waals surface area contributed by atoms with Gasteiger partial charge in [0.1, 0.15) is 0 Å². The molecule has 4 rings (SSSR count). The second-order valence-corrected chi connectivity index (χ2v) is 8.21. The van der Waals surface area contributed by atoms with Crippen LogP contribution in [-0.4, -0.2) is 28.5 Å². The van der Waals surface area contributed by atoms with Crippen molar-refractivity contribution in [2.24, 2.45) is 5.41 Å². The number of rotatable bonds is 3. The second-order valence-electron chi connectivity index (χ2n) is 7.81. The van der Waals surface area contributed by atoms with Crippen molar-refractivity contribution in [1.29, 1.82) is 0 Å². The van der Waals surface area contributed by atoms with Crippen LogP contribution in [0.5, 0.6) is 0 Å². The van der Waals surface area contributed by atoms with E-state index in [0.717, 1.165) is 17.2 Å². The molecule has 30 heavy (non-hydrogen) atoms. The molecule has 2 aromatic carbocycles. The van der Waals surface area contributed by atoms with Crippen molar-refractivity contribution >= 4 is 23.4 Å². The van der Waals surface area contributed by atoms with Crippen molar-refractivity contribution < 1.29 is 28.0 Å².